The Labute approximate surface area is 128 Å². The Morgan fingerprint density at radius 1 is 1.00 bits per heavy atom. The van der Waals surface area contributed by atoms with Crippen LogP contribution in [0.5, 0.6) is 5.75 Å². The number of carbonyl (C=O) groups excluding carboxylic acids is 2. The monoisotopic (exact) mass is 296 g/mol. The Balaban J connectivity index is 1.99. The third-order valence-corrected chi connectivity index (χ3v) is 3.84. The van der Waals surface area contributed by atoms with E-state index in [1.165, 1.54) is 0 Å². The molecule has 0 aromatic heterocycles. The minimum atomic E-state index is -1.08. The van der Waals surface area contributed by atoms with Crippen molar-refractivity contribution in [3.8, 4) is 5.75 Å². The number of imide groups is 1. The lowest BCUT2D eigenvalue weighted by Gasteiger charge is -2.26. The van der Waals surface area contributed by atoms with E-state index in [9.17, 15) is 9.59 Å². The molecule has 0 radical (unpaired) electrons. The van der Waals surface area contributed by atoms with Crippen molar-refractivity contribution in [2.75, 3.05) is 7.11 Å². The molecule has 3 amide bonds. The maximum Gasteiger partial charge on any atom is 0.322 e. The summed E-state index contributed by atoms with van der Waals surface area (Å²) in [5, 5.41) is 5.11. The molecule has 0 spiro atoms. The Bertz CT molecular complexity index is 698. The Morgan fingerprint density at radius 3 is 2.23 bits per heavy atom. The van der Waals surface area contributed by atoms with Gasteiger partial charge in [0.05, 0.1) is 7.11 Å². The summed E-state index contributed by atoms with van der Waals surface area (Å²) in [6.07, 6.45) is 0.374. The van der Waals surface area contributed by atoms with Gasteiger partial charge in [-0.1, -0.05) is 42.5 Å². The molecule has 1 atom stereocenters. The maximum absolute atomic E-state index is 12.4. The highest BCUT2D eigenvalue weighted by atomic mass is 16.5. The van der Waals surface area contributed by atoms with Crippen LogP contribution in [0.1, 0.15) is 11.1 Å². The first-order valence-electron chi connectivity index (χ1n) is 6.96. The van der Waals surface area contributed by atoms with Gasteiger partial charge in [-0.3, -0.25) is 10.1 Å². The van der Waals surface area contributed by atoms with Crippen molar-refractivity contribution in [3.63, 3.8) is 0 Å². The summed E-state index contributed by atoms with van der Waals surface area (Å²) in [6.45, 7) is 0. The van der Waals surface area contributed by atoms with E-state index in [0.29, 0.717) is 6.42 Å². The van der Waals surface area contributed by atoms with Gasteiger partial charge < -0.3 is 10.1 Å². The van der Waals surface area contributed by atoms with Crippen molar-refractivity contribution in [2.24, 2.45) is 0 Å². The minimum Gasteiger partial charge on any atom is -0.497 e. The molecule has 2 aromatic carbocycles. The van der Waals surface area contributed by atoms with Gasteiger partial charge in [-0.05, 0) is 23.3 Å². The Morgan fingerprint density at radius 2 is 1.68 bits per heavy atom. The smallest absolute Gasteiger partial charge is 0.322 e. The number of amides is 3. The van der Waals surface area contributed by atoms with Gasteiger partial charge in [0.1, 0.15) is 5.75 Å². The predicted octanol–water partition coefficient (Wildman–Crippen LogP) is 1.97. The first-order chi connectivity index (χ1) is 10.6. The molecule has 0 unspecified atom stereocenters. The Kier molecular flexibility index (Phi) is 3.55. The fourth-order valence-corrected chi connectivity index (χ4v) is 2.69. The molecule has 0 bridgehead atoms. The first kappa shape index (κ1) is 14.1. The molecule has 0 saturated carbocycles. The summed E-state index contributed by atoms with van der Waals surface area (Å²) in [5.74, 6) is 0.414. The molecule has 2 aromatic rings. The third kappa shape index (κ3) is 2.41. The molecule has 5 nitrogen and oxygen atoms in total. The fourth-order valence-electron chi connectivity index (χ4n) is 2.69. The lowest BCUT2D eigenvalue weighted by Crippen LogP contribution is -2.45. The zero-order chi connectivity index (χ0) is 15.6. The number of nitrogens with one attached hydrogen (secondary N) is 2. The van der Waals surface area contributed by atoms with Crippen LogP contribution in [-0.4, -0.2) is 19.0 Å². The Hall–Kier alpha value is -2.82. The molecular formula is C17H16N2O3. The van der Waals surface area contributed by atoms with Gasteiger partial charge in [0.15, 0.2) is 5.54 Å². The van der Waals surface area contributed by atoms with Crippen LogP contribution in [0.25, 0.3) is 0 Å². The molecule has 5 heteroatoms. The zero-order valence-corrected chi connectivity index (χ0v) is 12.1. The molecule has 1 aliphatic rings. The van der Waals surface area contributed by atoms with Crippen LogP contribution in [-0.2, 0) is 16.8 Å². The van der Waals surface area contributed by atoms with Gasteiger partial charge >= 0.3 is 6.03 Å². The van der Waals surface area contributed by atoms with Crippen LogP contribution in [0, 0.1) is 0 Å². The number of methoxy groups -OCH3 is 1. The summed E-state index contributed by atoms with van der Waals surface area (Å²) < 4.78 is 5.14. The van der Waals surface area contributed by atoms with Gasteiger partial charge in [0.2, 0.25) is 0 Å². The van der Waals surface area contributed by atoms with E-state index in [1.807, 2.05) is 54.6 Å². The van der Waals surface area contributed by atoms with Crippen molar-refractivity contribution < 1.29 is 14.3 Å². The van der Waals surface area contributed by atoms with Crippen LogP contribution in [0.4, 0.5) is 4.79 Å². The lowest BCUT2D eigenvalue weighted by molar-refractivity contribution is -0.124. The summed E-state index contributed by atoms with van der Waals surface area (Å²) in [5.41, 5.74) is 0.614. The van der Waals surface area contributed by atoms with E-state index in [0.717, 1.165) is 16.9 Å². The molecule has 1 aliphatic heterocycles. The number of benzene rings is 2. The highest BCUT2D eigenvalue weighted by Gasteiger charge is 2.47. The lowest BCUT2D eigenvalue weighted by atomic mass is 9.84. The quantitative estimate of drug-likeness (QED) is 0.848. The van der Waals surface area contributed by atoms with Crippen LogP contribution in [0.15, 0.2) is 54.6 Å². The van der Waals surface area contributed by atoms with Gasteiger partial charge in [0, 0.05) is 6.42 Å². The number of hydrogen-bond acceptors (Lipinski definition) is 3. The van der Waals surface area contributed by atoms with Gasteiger partial charge in [-0.15, -0.1) is 0 Å². The van der Waals surface area contributed by atoms with Crippen LogP contribution in [0.3, 0.4) is 0 Å². The standard InChI is InChI=1S/C17H16N2O3/c1-22-14-9-7-12(8-10-14)11-17(13-5-3-2-4-6-13)15(20)18-16(21)19-17/h2-10H,11H2,1H3,(H2,18,19,20,21)/t17-/m0/s1. The van der Waals surface area contributed by atoms with Crippen LogP contribution >= 0.6 is 0 Å². The van der Waals surface area contributed by atoms with Crippen molar-refractivity contribution in [1.29, 1.82) is 0 Å². The number of hydrogen-bond donors (Lipinski definition) is 2. The largest absolute Gasteiger partial charge is 0.497 e. The fraction of sp³-hybridized carbons (Fsp3) is 0.176. The van der Waals surface area contributed by atoms with Crippen molar-refractivity contribution in [3.05, 3.63) is 65.7 Å². The average molecular weight is 296 g/mol. The highest BCUT2D eigenvalue weighted by molar-refractivity contribution is 6.07. The van der Waals surface area contributed by atoms with Gasteiger partial charge in [-0.25, -0.2) is 4.79 Å². The summed E-state index contributed by atoms with van der Waals surface area (Å²) in [7, 11) is 1.60. The number of carbonyl (C=O) groups is 2. The number of urea groups is 1. The molecule has 1 heterocycles. The van der Waals surface area contributed by atoms with E-state index >= 15 is 0 Å². The van der Waals surface area contributed by atoms with E-state index in [2.05, 4.69) is 10.6 Å². The zero-order valence-electron chi connectivity index (χ0n) is 12.1. The average Bonchev–Trinajstić information content (AvgIpc) is 2.84. The third-order valence-electron chi connectivity index (χ3n) is 3.84. The van der Waals surface area contributed by atoms with Gasteiger partial charge in [-0.2, -0.15) is 0 Å². The highest BCUT2D eigenvalue weighted by Crippen LogP contribution is 2.29. The molecular weight excluding hydrogens is 280 g/mol. The van der Waals surface area contributed by atoms with E-state index in [4.69, 9.17) is 4.74 Å². The number of rotatable bonds is 4. The SMILES string of the molecule is COc1ccc(C[C@@]2(c3ccccc3)NC(=O)NC2=O)cc1. The van der Waals surface area contributed by atoms with Gasteiger partial charge in [0.25, 0.3) is 5.91 Å². The minimum absolute atomic E-state index is 0.334. The predicted molar refractivity (Wildman–Crippen MR) is 81.5 cm³/mol. The molecule has 1 saturated heterocycles. The molecule has 112 valence electrons. The summed E-state index contributed by atoms with van der Waals surface area (Å²) in [6, 6.07) is 16.2. The molecule has 3 rings (SSSR count). The normalized spacial score (nSPS) is 20.4. The van der Waals surface area contributed by atoms with Crippen molar-refractivity contribution in [2.45, 2.75) is 12.0 Å². The molecule has 22 heavy (non-hydrogen) atoms. The second kappa shape index (κ2) is 5.52. The number of ether oxygens (including phenoxy) is 1. The maximum atomic E-state index is 12.4. The topological polar surface area (TPSA) is 67.4 Å². The van der Waals surface area contributed by atoms with E-state index < -0.39 is 11.6 Å². The molecule has 0 aliphatic carbocycles. The van der Waals surface area contributed by atoms with Crippen LogP contribution in [0.2, 0.25) is 0 Å². The van der Waals surface area contributed by atoms with E-state index in [1.54, 1.807) is 7.11 Å². The van der Waals surface area contributed by atoms with E-state index in [-0.39, 0.29) is 5.91 Å². The first-order valence-corrected chi connectivity index (χ1v) is 6.96. The molecule has 2 N–H and O–H groups in total. The molecule has 1 fully saturated rings. The summed E-state index contributed by atoms with van der Waals surface area (Å²) in [4.78, 5) is 24.1. The van der Waals surface area contributed by atoms with Crippen molar-refractivity contribution in [1.82, 2.24) is 10.6 Å². The second-order valence-corrected chi connectivity index (χ2v) is 5.20. The van der Waals surface area contributed by atoms with Crippen molar-refractivity contribution >= 4 is 11.9 Å². The summed E-state index contributed by atoms with van der Waals surface area (Å²) >= 11 is 0. The van der Waals surface area contributed by atoms with Crippen LogP contribution < -0.4 is 15.4 Å². The second-order valence-electron chi connectivity index (χ2n) is 5.20.